The first-order valence-corrected chi connectivity index (χ1v) is 10.1. The fourth-order valence-corrected chi connectivity index (χ4v) is 3.68. The standard InChI is InChI=1S/C24H23ClN2O3/c1-16-13-17(11-12-19(16)24(28)26-21-8-4-3-7-20(21)25)29-15-18-14-27(2)22-9-5-6-10-23(22)30-18/h3-13,18H,14-15H2,1-2H3,(H,26,28)/t18-/m0/s1. The average Bonchev–Trinajstić information content (AvgIpc) is 2.74. The molecule has 0 aromatic heterocycles. The lowest BCUT2D eigenvalue weighted by Crippen LogP contribution is -2.41. The van der Waals surface area contributed by atoms with Crippen LogP contribution in [0.25, 0.3) is 0 Å². The first-order valence-electron chi connectivity index (χ1n) is 9.77. The van der Waals surface area contributed by atoms with Crippen LogP contribution in [-0.4, -0.2) is 32.2 Å². The first-order chi connectivity index (χ1) is 14.5. The molecule has 0 radical (unpaired) electrons. The zero-order valence-corrected chi connectivity index (χ0v) is 17.6. The van der Waals surface area contributed by atoms with Gasteiger partial charge in [0.25, 0.3) is 5.91 Å². The number of carbonyl (C=O) groups excluding carboxylic acids is 1. The summed E-state index contributed by atoms with van der Waals surface area (Å²) in [6.45, 7) is 3.05. The van der Waals surface area contributed by atoms with Gasteiger partial charge in [0.05, 0.1) is 22.9 Å². The molecule has 0 saturated carbocycles. The predicted molar refractivity (Wildman–Crippen MR) is 120 cm³/mol. The smallest absolute Gasteiger partial charge is 0.255 e. The number of anilines is 2. The van der Waals surface area contributed by atoms with E-state index < -0.39 is 0 Å². The number of halogens is 1. The van der Waals surface area contributed by atoms with Crippen molar-refractivity contribution in [3.8, 4) is 11.5 Å². The number of hydrogen-bond donors (Lipinski definition) is 1. The van der Waals surface area contributed by atoms with Gasteiger partial charge in [0.15, 0.2) is 0 Å². The number of ether oxygens (including phenoxy) is 2. The van der Waals surface area contributed by atoms with Gasteiger partial charge in [0, 0.05) is 12.6 Å². The highest BCUT2D eigenvalue weighted by atomic mass is 35.5. The molecular formula is C24H23ClN2O3. The summed E-state index contributed by atoms with van der Waals surface area (Å²) in [5, 5.41) is 3.35. The van der Waals surface area contributed by atoms with Gasteiger partial charge in [-0.3, -0.25) is 4.79 Å². The van der Waals surface area contributed by atoms with Gasteiger partial charge in [-0.25, -0.2) is 0 Å². The Morgan fingerprint density at radius 3 is 2.73 bits per heavy atom. The molecule has 0 saturated heterocycles. The molecule has 3 aromatic rings. The number of rotatable bonds is 5. The van der Waals surface area contributed by atoms with Crippen molar-refractivity contribution in [2.24, 2.45) is 0 Å². The van der Waals surface area contributed by atoms with Gasteiger partial charge < -0.3 is 19.7 Å². The molecule has 1 atom stereocenters. The molecule has 5 nitrogen and oxygen atoms in total. The van der Waals surface area contributed by atoms with Crippen LogP contribution in [0.3, 0.4) is 0 Å². The summed E-state index contributed by atoms with van der Waals surface area (Å²) in [6, 6.07) is 20.6. The van der Waals surface area contributed by atoms with Crippen LogP contribution in [0.15, 0.2) is 66.7 Å². The second-order valence-electron chi connectivity index (χ2n) is 7.31. The van der Waals surface area contributed by atoms with Crippen molar-refractivity contribution in [1.82, 2.24) is 0 Å². The van der Waals surface area contributed by atoms with Crippen molar-refractivity contribution in [2.75, 3.05) is 30.4 Å². The minimum Gasteiger partial charge on any atom is -0.490 e. The molecule has 0 bridgehead atoms. The first kappa shape index (κ1) is 20.1. The van der Waals surface area contributed by atoms with E-state index in [4.69, 9.17) is 21.1 Å². The van der Waals surface area contributed by atoms with Crippen molar-refractivity contribution in [3.05, 3.63) is 82.9 Å². The van der Waals surface area contributed by atoms with E-state index in [0.717, 1.165) is 23.5 Å². The molecule has 4 rings (SSSR count). The highest BCUT2D eigenvalue weighted by molar-refractivity contribution is 6.33. The summed E-state index contributed by atoms with van der Waals surface area (Å²) in [6.07, 6.45) is -0.0756. The van der Waals surface area contributed by atoms with Crippen molar-refractivity contribution in [1.29, 1.82) is 0 Å². The predicted octanol–water partition coefficient (Wildman–Crippen LogP) is 5.18. The van der Waals surface area contributed by atoms with Crippen molar-refractivity contribution in [3.63, 3.8) is 0 Å². The highest BCUT2D eigenvalue weighted by Gasteiger charge is 2.23. The van der Waals surface area contributed by atoms with E-state index in [1.54, 1.807) is 24.3 Å². The van der Waals surface area contributed by atoms with Crippen LogP contribution in [0, 0.1) is 6.92 Å². The van der Waals surface area contributed by atoms with Gasteiger partial charge in [-0.2, -0.15) is 0 Å². The zero-order valence-electron chi connectivity index (χ0n) is 16.9. The lowest BCUT2D eigenvalue weighted by molar-refractivity contribution is 0.102. The largest absolute Gasteiger partial charge is 0.490 e. The van der Waals surface area contributed by atoms with Crippen LogP contribution >= 0.6 is 11.6 Å². The molecule has 1 aliphatic rings. The van der Waals surface area contributed by atoms with E-state index >= 15 is 0 Å². The van der Waals surface area contributed by atoms with Gasteiger partial charge in [-0.1, -0.05) is 35.9 Å². The number of nitrogens with one attached hydrogen (secondary N) is 1. The topological polar surface area (TPSA) is 50.8 Å². The minimum absolute atomic E-state index is 0.0756. The SMILES string of the molecule is Cc1cc(OC[C@@H]2CN(C)c3ccccc3O2)ccc1C(=O)Nc1ccccc1Cl. The van der Waals surface area contributed by atoms with Crippen LogP contribution in [0.2, 0.25) is 5.02 Å². The number of fused-ring (bicyclic) bond motifs is 1. The summed E-state index contributed by atoms with van der Waals surface area (Å²) in [7, 11) is 2.05. The fraction of sp³-hybridized carbons (Fsp3) is 0.208. The van der Waals surface area contributed by atoms with Crippen LogP contribution in [0.1, 0.15) is 15.9 Å². The van der Waals surface area contributed by atoms with Crippen molar-refractivity contribution >= 4 is 28.9 Å². The van der Waals surface area contributed by atoms with Crippen LogP contribution < -0.4 is 19.7 Å². The monoisotopic (exact) mass is 422 g/mol. The van der Waals surface area contributed by atoms with E-state index in [2.05, 4.69) is 10.2 Å². The van der Waals surface area contributed by atoms with E-state index in [1.807, 2.05) is 56.4 Å². The quantitative estimate of drug-likeness (QED) is 0.615. The molecule has 0 unspecified atom stereocenters. The molecule has 1 heterocycles. The summed E-state index contributed by atoms with van der Waals surface area (Å²) in [4.78, 5) is 14.8. The average molecular weight is 423 g/mol. The minimum atomic E-state index is -0.207. The lowest BCUT2D eigenvalue weighted by Gasteiger charge is -2.33. The zero-order chi connectivity index (χ0) is 21.1. The number of para-hydroxylation sites is 3. The third kappa shape index (κ3) is 4.36. The van der Waals surface area contributed by atoms with Crippen LogP contribution in [0.4, 0.5) is 11.4 Å². The normalized spacial score (nSPS) is 15.2. The second-order valence-corrected chi connectivity index (χ2v) is 7.72. The van der Waals surface area contributed by atoms with E-state index in [0.29, 0.717) is 28.6 Å². The molecule has 3 aromatic carbocycles. The van der Waals surface area contributed by atoms with Gasteiger partial charge in [0.1, 0.15) is 24.2 Å². The Morgan fingerprint density at radius 2 is 1.93 bits per heavy atom. The maximum absolute atomic E-state index is 12.6. The Balaban J connectivity index is 1.39. The van der Waals surface area contributed by atoms with Crippen LogP contribution in [-0.2, 0) is 0 Å². The van der Waals surface area contributed by atoms with Gasteiger partial charge in [-0.15, -0.1) is 0 Å². The van der Waals surface area contributed by atoms with Crippen molar-refractivity contribution < 1.29 is 14.3 Å². The molecule has 0 aliphatic carbocycles. The number of likely N-dealkylation sites (N-methyl/N-ethyl adjacent to an activating group) is 1. The number of benzene rings is 3. The summed E-state index contributed by atoms with van der Waals surface area (Å²) in [5.41, 5.74) is 3.06. The molecule has 6 heteroatoms. The maximum Gasteiger partial charge on any atom is 0.255 e. The fourth-order valence-electron chi connectivity index (χ4n) is 3.50. The summed E-state index contributed by atoms with van der Waals surface area (Å²) >= 11 is 6.13. The molecule has 1 amide bonds. The molecule has 30 heavy (non-hydrogen) atoms. The molecule has 154 valence electrons. The van der Waals surface area contributed by atoms with Gasteiger partial charge >= 0.3 is 0 Å². The van der Waals surface area contributed by atoms with Gasteiger partial charge in [-0.05, 0) is 55.0 Å². The number of hydrogen-bond acceptors (Lipinski definition) is 4. The number of nitrogens with zero attached hydrogens (tertiary/aromatic N) is 1. The number of amides is 1. The molecule has 0 spiro atoms. The maximum atomic E-state index is 12.6. The third-order valence-corrected chi connectivity index (χ3v) is 5.38. The summed E-state index contributed by atoms with van der Waals surface area (Å²) in [5.74, 6) is 1.36. The number of aryl methyl sites for hydroxylation is 1. The Morgan fingerprint density at radius 1 is 1.17 bits per heavy atom. The second kappa shape index (κ2) is 8.67. The highest BCUT2D eigenvalue weighted by Crippen LogP contribution is 2.32. The number of carbonyl (C=O) groups is 1. The lowest BCUT2D eigenvalue weighted by atomic mass is 10.1. The molecule has 1 N–H and O–H groups in total. The van der Waals surface area contributed by atoms with Gasteiger partial charge in [0.2, 0.25) is 0 Å². The molecule has 1 aliphatic heterocycles. The molecular weight excluding hydrogens is 400 g/mol. The Bertz CT molecular complexity index is 1070. The Kier molecular flexibility index (Phi) is 5.81. The van der Waals surface area contributed by atoms with E-state index in [1.165, 1.54) is 0 Å². The third-order valence-electron chi connectivity index (χ3n) is 5.05. The Labute approximate surface area is 181 Å². The van der Waals surface area contributed by atoms with E-state index in [-0.39, 0.29) is 12.0 Å². The van der Waals surface area contributed by atoms with Crippen molar-refractivity contribution in [2.45, 2.75) is 13.0 Å². The van der Waals surface area contributed by atoms with Crippen LogP contribution in [0.5, 0.6) is 11.5 Å². The molecule has 0 fully saturated rings. The summed E-state index contributed by atoms with van der Waals surface area (Å²) < 4.78 is 12.0. The van der Waals surface area contributed by atoms with E-state index in [9.17, 15) is 4.79 Å². The Hall–Kier alpha value is -3.18.